The van der Waals surface area contributed by atoms with Gasteiger partial charge in [-0.05, 0) is 74.0 Å². The Morgan fingerprint density at radius 1 is 0.973 bits per heavy atom. The van der Waals surface area contributed by atoms with E-state index >= 15 is 0 Å². The molecule has 0 aliphatic carbocycles. The number of hydrogen-bond donors (Lipinski definition) is 1. The van der Waals surface area contributed by atoms with Crippen LogP contribution < -0.4 is 14.4 Å². The molecule has 0 radical (unpaired) electrons. The Labute approximate surface area is 216 Å². The van der Waals surface area contributed by atoms with Gasteiger partial charge in [0.2, 0.25) is 0 Å². The highest BCUT2D eigenvalue weighted by Gasteiger charge is 2.48. The molecule has 7 nitrogen and oxygen atoms in total. The maximum atomic E-state index is 13.8. The number of ketones is 1. The fourth-order valence-electron chi connectivity index (χ4n) is 4.28. The predicted octanol–water partition coefficient (Wildman–Crippen LogP) is 5.86. The summed E-state index contributed by atoms with van der Waals surface area (Å²) in [7, 11) is 0. The van der Waals surface area contributed by atoms with Gasteiger partial charge in [0.05, 0.1) is 35.0 Å². The summed E-state index contributed by atoms with van der Waals surface area (Å²) in [6.07, 6.45) is 0. The number of ether oxygens (including phenoxy) is 2. The molecular weight excluding hydrogens is 495 g/mol. The zero-order valence-corrected chi connectivity index (χ0v) is 20.9. The van der Waals surface area contributed by atoms with Gasteiger partial charge in [0, 0.05) is 5.56 Å². The first-order valence-electron chi connectivity index (χ1n) is 11.7. The van der Waals surface area contributed by atoms with Gasteiger partial charge in [-0.15, -0.1) is 0 Å². The number of aliphatic hydroxyl groups is 1. The molecule has 0 spiro atoms. The minimum absolute atomic E-state index is 0.0660. The largest absolute Gasteiger partial charge is 0.507 e. The molecular formula is C28H23FN2O5S. The van der Waals surface area contributed by atoms with Crippen LogP contribution >= 0.6 is 11.3 Å². The molecule has 5 rings (SSSR count). The highest BCUT2D eigenvalue weighted by molar-refractivity contribution is 7.22. The van der Waals surface area contributed by atoms with Crippen LogP contribution in [-0.2, 0) is 9.59 Å². The summed E-state index contributed by atoms with van der Waals surface area (Å²) in [4.78, 5) is 32.5. The first kappa shape index (κ1) is 24.5. The molecule has 1 aromatic heterocycles. The van der Waals surface area contributed by atoms with Crippen LogP contribution in [0.5, 0.6) is 11.5 Å². The van der Waals surface area contributed by atoms with Gasteiger partial charge in [-0.2, -0.15) is 0 Å². The smallest absolute Gasteiger partial charge is 0.301 e. The third kappa shape index (κ3) is 4.53. The van der Waals surface area contributed by atoms with Gasteiger partial charge >= 0.3 is 5.91 Å². The van der Waals surface area contributed by atoms with Crippen molar-refractivity contribution in [2.45, 2.75) is 19.9 Å². The number of nitrogens with zero attached hydrogens (tertiary/aromatic N) is 2. The summed E-state index contributed by atoms with van der Waals surface area (Å²) in [6.45, 7) is 4.70. The lowest BCUT2D eigenvalue weighted by atomic mass is 9.95. The summed E-state index contributed by atoms with van der Waals surface area (Å²) in [5, 5.41) is 11.5. The van der Waals surface area contributed by atoms with Crippen molar-refractivity contribution in [2.75, 3.05) is 18.1 Å². The number of benzene rings is 3. The normalized spacial score (nSPS) is 16.9. The number of rotatable bonds is 7. The minimum Gasteiger partial charge on any atom is -0.507 e. The fraction of sp³-hybridized carbons (Fsp3) is 0.179. The van der Waals surface area contributed by atoms with Crippen LogP contribution in [0.3, 0.4) is 0 Å². The Morgan fingerprint density at radius 2 is 1.59 bits per heavy atom. The van der Waals surface area contributed by atoms with Crippen molar-refractivity contribution in [3.05, 3.63) is 89.2 Å². The highest BCUT2D eigenvalue weighted by atomic mass is 32.1. The number of hydrogen-bond acceptors (Lipinski definition) is 7. The summed E-state index contributed by atoms with van der Waals surface area (Å²) < 4.78 is 25.4. The van der Waals surface area contributed by atoms with Crippen molar-refractivity contribution in [1.82, 2.24) is 4.98 Å². The molecule has 1 N–H and O–H groups in total. The van der Waals surface area contributed by atoms with E-state index in [2.05, 4.69) is 4.98 Å². The number of anilines is 1. The lowest BCUT2D eigenvalue weighted by Crippen LogP contribution is -2.29. The van der Waals surface area contributed by atoms with Gasteiger partial charge in [-0.25, -0.2) is 9.37 Å². The zero-order valence-electron chi connectivity index (χ0n) is 20.1. The number of fused-ring (bicyclic) bond motifs is 1. The Bertz CT molecular complexity index is 1510. The number of aromatic nitrogens is 1. The molecule has 1 aliphatic heterocycles. The maximum absolute atomic E-state index is 13.8. The molecule has 3 aromatic carbocycles. The molecule has 37 heavy (non-hydrogen) atoms. The quantitative estimate of drug-likeness (QED) is 0.187. The predicted molar refractivity (Wildman–Crippen MR) is 140 cm³/mol. The third-order valence-electron chi connectivity index (χ3n) is 5.94. The van der Waals surface area contributed by atoms with Crippen LogP contribution in [0.2, 0.25) is 0 Å². The SMILES string of the molecule is CCOc1ccc(/C(O)=C2\C(=O)C(=O)N(c3nc4ccc(F)cc4s3)[C@H]2c2ccc(OCC)cc2)cc1. The van der Waals surface area contributed by atoms with E-state index in [1.165, 1.54) is 23.1 Å². The highest BCUT2D eigenvalue weighted by Crippen LogP contribution is 2.44. The van der Waals surface area contributed by atoms with E-state index < -0.39 is 23.5 Å². The second-order valence-corrected chi connectivity index (χ2v) is 9.25. The average molecular weight is 519 g/mol. The van der Waals surface area contributed by atoms with Crippen molar-refractivity contribution < 1.29 is 28.6 Å². The van der Waals surface area contributed by atoms with E-state index in [0.29, 0.717) is 46.1 Å². The molecule has 2 heterocycles. The maximum Gasteiger partial charge on any atom is 0.301 e. The minimum atomic E-state index is -0.951. The van der Waals surface area contributed by atoms with Crippen LogP contribution in [0.25, 0.3) is 16.0 Å². The third-order valence-corrected chi connectivity index (χ3v) is 6.95. The van der Waals surface area contributed by atoms with E-state index in [9.17, 15) is 19.1 Å². The molecule has 1 aliphatic rings. The number of carbonyl (C=O) groups excluding carboxylic acids is 2. The van der Waals surface area contributed by atoms with Gasteiger partial charge in [-0.3, -0.25) is 14.5 Å². The molecule has 1 atom stereocenters. The summed E-state index contributed by atoms with van der Waals surface area (Å²) in [6, 6.07) is 16.8. The zero-order chi connectivity index (χ0) is 26.1. The molecule has 0 bridgehead atoms. The van der Waals surface area contributed by atoms with Crippen LogP contribution in [0.1, 0.15) is 31.0 Å². The van der Waals surface area contributed by atoms with Crippen LogP contribution in [0.15, 0.2) is 72.3 Å². The molecule has 188 valence electrons. The Kier molecular flexibility index (Phi) is 6.62. The first-order chi connectivity index (χ1) is 17.9. The fourth-order valence-corrected chi connectivity index (χ4v) is 5.30. The average Bonchev–Trinajstić information content (AvgIpc) is 3.42. The van der Waals surface area contributed by atoms with Crippen molar-refractivity contribution in [2.24, 2.45) is 0 Å². The van der Waals surface area contributed by atoms with Crippen molar-refractivity contribution in [1.29, 1.82) is 0 Å². The second-order valence-electron chi connectivity index (χ2n) is 8.24. The topological polar surface area (TPSA) is 89.0 Å². The van der Waals surface area contributed by atoms with Crippen molar-refractivity contribution in [3.8, 4) is 11.5 Å². The monoisotopic (exact) mass is 518 g/mol. The van der Waals surface area contributed by atoms with E-state index in [0.717, 1.165) is 11.3 Å². The lowest BCUT2D eigenvalue weighted by Gasteiger charge is -2.23. The molecule has 1 saturated heterocycles. The Hall–Kier alpha value is -4.24. The molecule has 1 fully saturated rings. The molecule has 4 aromatic rings. The van der Waals surface area contributed by atoms with Gasteiger partial charge in [-0.1, -0.05) is 23.5 Å². The van der Waals surface area contributed by atoms with E-state index in [4.69, 9.17) is 9.47 Å². The number of thiazole rings is 1. The molecule has 9 heteroatoms. The molecule has 0 saturated carbocycles. The standard InChI is InChI=1S/C28H23FN2O5S/c1-3-35-19-10-5-16(6-11-19)24-23(25(32)17-7-12-20(13-8-17)36-4-2)26(33)27(34)31(24)28-30-21-14-9-18(29)15-22(21)37-28/h5-15,24,32H,3-4H2,1-2H3/b25-23+/t24-/m0/s1. The van der Waals surface area contributed by atoms with Crippen LogP contribution in [0, 0.1) is 5.82 Å². The van der Waals surface area contributed by atoms with Crippen molar-refractivity contribution in [3.63, 3.8) is 0 Å². The van der Waals surface area contributed by atoms with Gasteiger partial charge in [0.25, 0.3) is 5.78 Å². The number of amides is 1. The number of carbonyl (C=O) groups is 2. The van der Waals surface area contributed by atoms with Gasteiger partial charge in [0.1, 0.15) is 23.1 Å². The van der Waals surface area contributed by atoms with E-state index in [1.807, 2.05) is 13.8 Å². The van der Waals surface area contributed by atoms with E-state index in [1.54, 1.807) is 48.5 Å². The summed E-state index contributed by atoms with van der Waals surface area (Å²) in [5.74, 6) is -1.16. The summed E-state index contributed by atoms with van der Waals surface area (Å²) in [5.41, 5.74) is 1.38. The molecule has 1 amide bonds. The van der Waals surface area contributed by atoms with Gasteiger partial charge in [0.15, 0.2) is 5.13 Å². The van der Waals surface area contributed by atoms with Gasteiger partial charge < -0.3 is 14.6 Å². The number of aliphatic hydroxyl groups excluding tert-OH is 1. The van der Waals surface area contributed by atoms with E-state index in [-0.39, 0.29) is 16.5 Å². The molecule has 0 unspecified atom stereocenters. The second kappa shape index (κ2) is 10.0. The first-order valence-corrected chi connectivity index (χ1v) is 12.6. The Balaban J connectivity index is 1.66. The van der Waals surface area contributed by atoms with Crippen LogP contribution in [-0.4, -0.2) is 35.0 Å². The number of halogens is 1. The number of Topliss-reactive ketones (excluding diaryl/α,β-unsaturated/α-hetero) is 1. The van der Waals surface area contributed by atoms with Crippen molar-refractivity contribution >= 4 is 44.1 Å². The van der Waals surface area contributed by atoms with Crippen LogP contribution in [0.4, 0.5) is 9.52 Å². The Morgan fingerprint density at radius 3 is 2.22 bits per heavy atom. The lowest BCUT2D eigenvalue weighted by molar-refractivity contribution is -0.132. The summed E-state index contributed by atoms with van der Waals surface area (Å²) >= 11 is 1.10.